The Balaban J connectivity index is 2.45. The number of rotatable bonds is 1. The lowest BCUT2D eigenvalue weighted by Crippen LogP contribution is -1.88. The van der Waals surface area contributed by atoms with Crippen molar-refractivity contribution in [1.82, 2.24) is 10.2 Å². The third kappa shape index (κ3) is 2.28. The molecule has 0 N–H and O–H groups in total. The van der Waals surface area contributed by atoms with E-state index < -0.39 is 0 Å². The zero-order valence-electron chi connectivity index (χ0n) is 8.04. The van der Waals surface area contributed by atoms with E-state index >= 15 is 0 Å². The molecule has 0 spiro atoms. The second kappa shape index (κ2) is 4.17. The summed E-state index contributed by atoms with van der Waals surface area (Å²) in [6.45, 7) is 1.95. The van der Waals surface area contributed by atoms with Crippen LogP contribution in [0.4, 0.5) is 0 Å². The number of hydrogen-bond acceptors (Lipinski definition) is 2. The minimum atomic E-state index is 0.393. The van der Waals surface area contributed by atoms with E-state index in [9.17, 15) is 0 Å². The quantitative estimate of drug-likeness (QED) is 0.757. The van der Waals surface area contributed by atoms with Crippen LogP contribution >= 0.6 is 23.2 Å². The molecule has 1 aromatic heterocycles. The lowest BCUT2D eigenvalue weighted by molar-refractivity contribution is 1.04. The first kappa shape index (κ1) is 10.4. The average Bonchev–Trinajstić information content (AvgIpc) is 2.23. The fourth-order valence-corrected chi connectivity index (χ4v) is 1.49. The van der Waals surface area contributed by atoms with Gasteiger partial charge in [0.1, 0.15) is 0 Å². The molecular formula is C11H8Cl2N2. The first-order valence-corrected chi connectivity index (χ1v) is 5.18. The van der Waals surface area contributed by atoms with Crippen molar-refractivity contribution in [3.8, 4) is 11.3 Å². The van der Waals surface area contributed by atoms with Gasteiger partial charge in [-0.25, -0.2) is 0 Å². The fraction of sp³-hybridized carbons (Fsp3) is 0.0909. The highest BCUT2D eigenvalue weighted by Crippen LogP contribution is 2.23. The van der Waals surface area contributed by atoms with E-state index in [1.54, 1.807) is 6.07 Å². The summed E-state index contributed by atoms with van der Waals surface area (Å²) in [6.07, 6.45) is 0. The van der Waals surface area contributed by atoms with E-state index in [1.165, 1.54) is 0 Å². The van der Waals surface area contributed by atoms with Crippen LogP contribution in [0.1, 0.15) is 5.56 Å². The van der Waals surface area contributed by atoms with Gasteiger partial charge in [0, 0.05) is 10.6 Å². The zero-order valence-corrected chi connectivity index (χ0v) is 9.55. The van der Waals surface area contributed by atoms with Crippen LogP contribution in [0, 0.1) is 6.92 Å². The Morgan fingerprint density at radius 2 is 1.80 bits per heavy atom. The SMILES string of the molecule is Cc1cc(-c2ccc(Cl)nn2)ccc1Cl. The van der Waals surface area contributed by atoms with Crippen molar-refractivity contribution in [2.24, 2.45) is 0 Å². The number of aryl methyl sites for hydroxylation is 1. The Bertz CT molecular complexity index is 480. The maximum atomic E-state index is 5.94. The van der Waals surface area contributed by atoms with Gasteiger partial charge in [-0.3, -0.25) is 0 Å². The standard InChI is InChI=1S/C11H8Cl2N2/c1-7-6-8(2-3-9(7)12)10-4-5-11(13)15-14-10/h2-6H,1H3. The summed E-state index contributed by atoms with van der Waals surface area (Å²) >= 11 is 11.6. The molecule has 0 amide bonds. The van der Waals surface area contributed by atoms with Gasteiger partial charge in [0.25, 0.3) is 0 Å². The first-order valence-electron chi connectivity index (χ1n) is 4.42. The first-order chi connectivity index (χ1) is 7.16. The van der Waals surface area contributed by atoms with Gasteiger partial charge in [-0.1, -0.05) is 29.3 Å². The number of benzene rings is 1. The van der Waals surface area contributed by atoms with Crippen molar-refractivity contribution in [3.05, 3.63) is 46.1 Å². The lowest BCUT2D eigenvalue weighted by Gasteiger charge is -2.02. The molecule has 0 saturated carbocycles. The molecule has 2 aromatic rings. The van der Waals surface area contributed by atoms with Gasteiger partial charge in [-0.2, -0.15) is 0 Å². The van der Waals surface area contributed by atoms with Crippen molar-refractivity contribution in [2.45, 2.75) is 6.92 Å². The fourth-order valence-electron chi connectivity index (χ4n) is 1.27. The van der Waals surface area contributed by atoms with Gasteiger partial charge in [-0.15, -0.1) is 10.2 Å². The summed E-state index contributed by atoms with van der Waals surface area (Å²) in [5, 5.41) is 8.93. The maximum Gasteiger partial charge on any atom is 0.151 e. The van der Waals surface area contributed by atoms with E-state index in [-0.39, 0.29) is 0 Å². The van der Waals surface area contributed by atoms with E-state index in [0.29, 0.717) is 5.15 Å². The minimum absolute atomic E-state index is 0.393. The largest absolute Gasteiger partial charge is 0.151 e. The third-order valence-corrected chi connectivity index (χ3v) is 2.71. The Labute approximate surface area is 97.9 Å². The second-order valence-corrected chi connectivity index (χ2v) is 4.00. The molecule has 76 valence electrons. The molecule has 0 saturated heterocycles. The highest BCUT2D eigenvalue weighted by molar-refractivity contribution is 6.31. The Kier molecular flexibility index (Phi) is 2.89. The molecule has 0 aliphatic rings. The Morgan fingerprint density at radius 3 is 2.40 bits per heavy atom. The molecule has 0 unspecified atom stereocenters. The van der Waals surface area contributed by atoms with Gasteiger partial charge >= 0.3 is 0 Å². The van der Waals surface area contributed by atoms with Crippen LogP contribution < -0.4 is 0 Å². The maximum absolute atomic E-state index is 5.94. The second-order valence-electron chi connectivity index (χ2n) is 3.21. The van der Waals surface area contributed by atoms with Crippen LogP contribution in [-0.2, 0) is 0 Å². The van der Waals surface area contributed by atoms with Gasteiger partial charge in [-0.05, 0) is 36.8 Å². The predicted octanol–water partition coefficient (Wildman–Crippen LogP) is 3.76. The Hall–Kier alpha value is -1.12. The highest BCUT2D eigenvalue weighted by atomic mass is 35.5. The summed E-state index contributed by atoms with van der Waals surface area (Å²) in [5.74, 6) is 0. The predicted molar refractivity (Wildman–Crippen MR) is 62.2 cm³/mol. The van der Waals surface area contributed by atoms with Crippen molar-refractivity contribution in [3.63, 3.8) is 0 Å². The molecular weight excluding hydrogens is 231 g/mol. The van der Waals surface area contributed by atoms with Crippen LogP contribution in [0.2, 0.25) is 10.2 Å². The molecule has 0 aliphatic carbocycles. The van der Waals surface area contributed by atoms with Crippen LogP contribution in [0.25, 0.3) is 11.3 Å². The molecule has 0 radical (unpaired) electrons. The number of nitrogens with zero attached hydrogens (tertiary/aromatic N) is 2. The lowest BCUT2D eigenvalue weighted by atomic mass is 10.1. The highest BCUT2D eigenvalue weighted by Gasteiger charge is 2.02. The van der Waals surface area contributed by atoms with Crippen LogP contribution in [0.5, 0.6) is 0 Å². The molecule has 0 bridgehead atoms. The van der Waals surface area contributed by atoms with Gasteiger partial charge < -0.3 is 0 Å². The van der Waals surface area contributed by atoms with Crippen LogP contribution in [0.15, 0.2) is 30.3 Å². The monoisotopic (exact) mass is 238 g/mol. The smallest absolute Gasteiger partial charge is 0.149 e. The number of hydrogen-bond donors (Lipinski definition) is 0. The van der Waals surface area contributed by atoms with Crippen molar-refractivity contribution >= 4 is 23.2 Å². The summed E-state index contributed by atoms with van der Waals surface area (Å²) in [5.41, 5.74) is 2.80. The number of aromatic nitrogens is 2. The van der Waals surface area contributed by atoms with Crippen molar-refractivity contribution < 1.29 is 0 Å². The minimum Gasteiger partial charge on any atom is -0.149 e. The van der Waals surface area contributed by atoms with Crippen LogP contribution in [-0.4, -0.2) is 10.2 Å². The topological polar surface area (TPSA) is 25.8 Å². The van der Waals surface area contributed by atoms with E-state index in [2.05, 4.69) is 10.2 Å². The third-order valence-electron chi connectivity index (χ3n) is 2.09. The van der Waals surface area contributed by atoms with Crippen LogP contribution in [0.3, 0.4) is 0 Å². The molecule has 1 aromatic carbocycles. The van der Waals surface area contributed by atoms with Gasteiger partial charge in [0.15, 0.2) is 5.15 Å². The molecule has 4 heteroatoms. The molecule has 15 heavy (non-hydrogen) atoms. The molecule has 1 heterocycles. The van der Waals surface area contributed by atoms with E-state index in [4.69, 9.17) is 23.2 Å². The number of halogens is 2. The summed E-state index contributed by atoms with van der Waals surface area (Å²) in [7, 11) is 0. The normalized spacial score (nSPS) is 10.3. The van der Waals surface area contributed by atoms with Crippen molar-refractivity contribution in [1.29, 1.82) is 0 Å². The average molecular weight is 239 g/mol. The molecule has 0 atom stereocenters. The van der Waals surface area contributed by atoms with Gasteiger partial charge in [0.2, 0.25) is 0 Å². The van der Waals surface area contributed by atoms with Gasteiger partial charge in [0.05, 0.1) is 5.69 Å². The molecule has 2 nitrogen and oxygen atoms in total. The van der Waals surface area contributed by atoms with E-state index in [0.717, 1.165) is 21.8 Å². The molecule has 2 rings (SSSR count). The molecule has 0 fully saturated rings. The van der Waals surface area contributed by atoms with Crippen molar-refractivity contribution in [2.75, 3.05) is 0 Å². The Morgan fingerprint density at radius 1 is 1.00 bits per heavy atom. The van der Waals surface area contributed by atoms with E-state index in [1.807, 2.05) is 31.2 Å². The molecule has 0 aliphatic heterocycles. The summed E-state index contributed by atoms with van der Waals surface area (Å²) in [6, 6.07) is 9.28. The zero-order chi connectivity index (χ0) is 10.8. The summed E-state index contributed by atoms with van der Waals surface area (Å²) in [4.78, 5) is 0. The summed E-state index contributed by atoms with van der Waals surface area (Å²) < 4.78 is 0.